The van der Waals surface area contributed by atoms with E-state index in [0.29, 0.717) is 13.2 Å². The Morgan fingerprint density at radius 1 is 1.30 bits per heavy atom. The van der Waals surface area contributed by atoms with Crippen LogP contribution in [-0.2, 0) is 15.0 Å². The van der Waals surface area contributed by atoms with Crippen LogP contribution < -0.4 is 5.32 Å². The lowest BCUT2D eigenvalue weighted by Gasteiger charge is -2.39. The van der Waals surface area contributed by atoms with Gasteiger partial charge in [-0.15, -0.1) is 0 Å². The third kappa shape index (κ3) is 4.27. The van der Waals surface area contributed by atoms with Crippen LogP contribution in [0.25, 0.3) is 0 Å². The normalized spacial score (nSPS) is 18.1. The molecule has 112 valence electrons. The highest BCUT2D eigenvalue weighted by molar-refractivity contribution is 9.10. The SMILES string of the molecule is OCCOCCNC1(c2cccc(Br)c2)CCOCC1. The summed E-state index contributed by atoms with van der Waals surface area (Å²) in [5.41, 5.74) is 1.25. The zero-order valence-electron chi connectivity index (χ0n) is 11.6. The summed E-state index contributed by atoms with van der Waals surface area (Å²) in [6.07, 6.45) is 1.92. The molecule has 0 unspecified atom stereocenters. The summed E-state index contributed by atoms with van der Waals surface area (Å²) in [4.78, 5) is 0. The fourth-order valence-electron chi connectivity index (χ4n) is 2.60. The molecule has 0 atom stereocenters. The highest BCUT2D eigenvalue weighted by Gasteiger charge is 2.33. The first kappa shape index (κ1) is 15.9. The van der Waals surface area contributed by atoms with E-state index in [1.54, 1.807) is 0 Å². The zero-order valence-corrected chi connectivity index (χ0v) is 13.2. The molecule has 5 heteroatoms. The Balaban J connectivity index is 2.01. The highest BCUT2D eigenvalue weighted by Crippen LogP contribution is 2.33. The summed E-state index contributed by atoms with van der Waals surface area (Å²) in [6, 6.07) is 8.45. The average Bonchev–Trinajstić information content (AvgIpc) is 2.48. The predicted molar refractivity (Wildman–Crippen MR) is 81.8 cm³/mol. The monoisotopic (exact) mass is 343 g/mol. The van der Waals surface area contributed by atoms with Gasteiger partial charge in [0.05, 0.1) is 19.8 Å². The Morgan fingerprint density at radius 2 is 2.10 bits per heavy atom. The summed E-state index contributed by atoms with van der Waals surface area (Å²) in [5, 5.41) is 12.3. The van der Waals surface area contributed by atoms with E-state index < -0.39 is 0 Å². The molecule has 0 amide bonds. The van der Waals surface area contributed by atoms with Gasteiger partial charge < -0.3 is 19.9 Å². The second-order valence-electron chi connectivity index (χ2n) is 4.97. The molecular weight excluding hydrogens is 322 g/mol. The number of aliphatic hydroxyl groups is 1. The second-order valence-corrected chi connectivity index (χ2v) is 5.88. The maximum atomic E-state index is 8.71. The van der Waals surface area contributed by atoms with Crippen LogP contribution >= 0.6 is 15.9 Å². The molecule has 1 saturated heterocycles. The Bertz CT molecular complexity index is 408. The van der Waals surface area contributed by atoms with Crippen molar-refractivity contribution in [1.29, 1.82) is 0 Å². The Hall–Kier alpha value is -0.460. The van der Waals surface area contributed by atoms with Crippen molar-refractivity contribution >= 4 is 15.9 Å². The van der Waals surface area contributed by atoms with Gasteiger partial charge in [0.15, 0.2) is 0 Å². The van der Waals surface area contributed by atoms with Gasteiger partial charge >= 0.3 is 0 Å². The number of benzene rings is 1. The molecule has 20 heavy (non-hydrogen) atoms. The molecular formula is C15H22BrNO3. The molecule has 1 fully saturated rings. The predicted octanol–water partition coefficient (Wildman–Crippen LogP) is 2.05. The lowest BCUT2D eigenvalue weighted by molar-refractivity contribution is 0.0298. The molecule has 1 aliphatic rings. The third-order valence-electron chi connectivity index (χ3n) is 3.67. The molecule has 4 nitrogen and oxygen atoms in total. The summed E-state index contributed by atoms with van der Waals surface area (Å²) < 4.78 is 11.9. The minimum atomic E-state index is -0.0371. The van der Waals surface area contributed by atoms with E-state index in [1.165, 1.54) is 5.56 Å². The van der Waals surface area contributed by atoms with Crippen LogP contribution in [0.1, 0.15) is 18.4 Å². The number of nitrogens with one attached hydrogen (secondary N) is 1. The Labute approximate surface area is 128 Å². The van der Waals surface area contributed by atoms with E-state index in [4.69, 9.17) is 14.6 Å². The number of ether oxygens (including phenoxy) is 2. The van der Waals surface area contributed by atoms with Crippen LogP contribution in [0.3, 0.4) is 0 Å². The first-order valence-electron chi connectivity index (χ1n) is 7.04. The molecule has 0 bridgehead atoms. The largest absolute Gasteiger partial charge is 0.394 e. The van der Waals surface area contributed by atoms with Crippen molar-refractivity contribution in [3.05, 3.63) is 34.3 Å². The Kier molecular flexibility index (Phi) is 6.45. The van der Waals surface area contributed by atoms with Gasteiger partial charge in [0.1, 0.15) is 0 Å². The zero-order chi connectivity index (χ0) is 14.3. The van der Waals surface area contributed by atoms with Crippen molar-refractivity contribution in [2.24, 2.45) is 0 Å². The van der Waals surface area contributed by atoms with Crippen LogP contribution in [-0.4, -0.2) is 44.7 Å². The number of hydrogen-bond acceptors (Lipinski definition) is 4. The minimum absolute atomic E-state index is 0.0371. The molecule has 1 aliphatic heterocycles. The van der Waals surface area contributed by atoms with Crippen LogP contribution in [0.2, 0.25) is 0 Å². The van der Waals surface area contributed by atoms with Gasteiger partial charge in [-0.25, -0.2) is 0 Å². The standard InChI is InChI=1S/C15H22BrNO3/c16-14-3-1-2-13(12-14)15(4-8-19-9-5-15)17-6-10-20-11-7-18/h1-3,12,17-18H,4-11H2. The fourth-order valence-corrected chi connectivity index (χ4v) is 3.00. The lowest BCUT2D eigenvalue weighted by Crippen LogP contribution is -2.48. The first-order valence-corrected chi connectivity index (χ1v) is 7.83. The molecule has 0 saturated carbocycles. The van der Waals surface area contributed by atoms with Crippen molar-refractivity contribution < 1.29 is 14.6 Å². The number of hydrogen-bond donors (Lipinski definition) is 2. The topological polar surface area (TPSA) is 50.7 Å². The van der Waals surface area contributed by atoms with Crippen molar-refractivity contribution in [3.8, 4) is 0 Å². The van der Waals surface area contributed by atoms with Gasteiger partial charge in [-0.3, -0.25) is 0 Å². The molecule has 1 aromatic rings. The molecule has 0 radical (unpaired) electrons. The van der Waals surface area contributed by atoms with Gasteiger partial charge in [0.25, 0.3) is 0 Å². The van der Waals surface area contributed by atoms with E-state index in [1.807, 2.05) is 6.07 Å². The molecule has 0 aliphatic carbocycles. The average molecular weight is 344 g/mol. The Morgan fingerprint density at radius 3 is 2.80 bits per heavy atom. The molecule has 0 spiro atoms. The number of rotatable bonds is 7. The first-order chi connectivity index (χ1) is 9.77. The van der Waals surface area contributed by atoms with Crippen molar-refractivity contribution in [3.63, 3.8) is 0 Å². The molecule has 2 N–H and O–H groups in total. The van der Waals surface area contributed by atoms with Gasteiger partial charge in [0.2, 0.25) is 0 Å². The summed E-state index contributed by atoms with van der Waals surface area (Å²) >= 11 is 3.54. The van der Waals surface area contributed by atoms with E-state index in [-0.39, 0.29) is 12.1 Å². The second kappa shape index (κ2) is 8.10. The smallest absolute Gasteiger partial charge is 0.0698 e. The van der Waals surface area contributed by atoms with Crippen LogP contribution in [0.15, 0.2) is 28.7 Å². The maximum Gasteiger partial charge on any atom is 0.0698 e. The van der Waals surface area contributed by atoms with Crippen molar-refractivity contribution in [2.75, 3.05) is 39.6 Å². The van der Waals surface area contributed by atoms with E-state index in [9.17, 15) is 0 Å². The minimum Gasteiger partial charge on any atom is -0.394 e. The maximum absolute atomic E-state index is 8.71. The van der Waals surface area contributed by atoms with E-state index in [2.05, 4.69) is 39.4 Å². The number of halogens is 1. The lowest BCUT2D eigenvalue weighted by atomic mass is 9.82. The number of aliphatic hydroxyl groups excluding tert-OH is 1. The van der Waals surface area contributed by atoms with E-state index >= 15 is 0 Å². The van der Waals surface area contributed by atoms with Crippen LogP contribution in [0.4, 0.5) is 0 Å². The summed E-state index contributed by atoms with van der Waals surface area (Å²) in [7, 11) is 0. The third-order valence-corrected chi connectivity index (χ3v) is 4.16. The van der Waals surface area contributed by atoms with Gasteiger partial charge in [0, 0.05) is 29.8 Å². The van der Waals surface area contributed by atoms with Gasteiger partial charge in [-0.1, -0.05) is 28.1 Å². The molecule has 1 heterocycles. The molecule has 1 aromatic carbocycles. The summed E-state index contributed by atoms with van der Waals surface area (Å²) in [6.45, 7) is 3.40. The summed E-state index contributed by atoms with van der Waals surface area (Å²) in [5.74, 6) is 0. The van der Waals surface area contributed by atoms with Gasteiger partial charge in [-0.05, 0) is 30.5 Å². The highest BCUT2D eigenvalue weighted by atomic mass is 79.9. The van der Waals surface area contributed by atoms with Crippen molar-refractivity contribution in [1.82, 2.24) is 5.32 Å². The quantitative estimate of drug-likeness (QED) is 0.744. The van der Waals surface area contributed by atoms with Crippen LogP contribution in [0, 0.1) is 0 Å². The fraction of sp³-hybridized carbons (Fsp3) is 0.600. The van der Waals surface area contributed by atoms with E-state index in [0.717, 1.165) is 37.1 Å². The van der Waals surface area contributed by atoms with Gasteiger partial charge in [-0.2, -0.15) is 0 Å². The molecule has 0 aromatic heterocycles. The molecule has 2 rings (SSSR count). The van der Waals surface area contributed by atoms with Crippen molar-refractivity contribution in [2.45, 2.75) is 18.4 Å². The van der Waals surface area contributed by atoms with Crippen LogP contribution in [0.5, 0.6) is 0 Å².